The van der Waals surface area contributed by atoms with Gasteiger partial charge in [-0.15, -0.1) is 0 Å². The van der Waals surface area contributed by atoms with Gasteiger partial charge in [0.05, 0.1) is 12.6 Å². The van der Waals surface area contributed by atoms with Crippen molar-refractivity contribution in [1.82, 2.24) is 15.1 Å². The largest absolute Gasteiger partial charge is 0.381 e. The zero-order chi connectivity index (χ0) is 15.6. The van der Waals surface area contributed by atoms with Gasteiger partial charge in [-0.05, 0) is 18.8 Å². The van der Waals surface area contributed by atoms with Gasteiger partial charge in [0.15, 0.2) is 0 Å². The number of alkyl halides is 2. The van der Waals surface area contributed by atoms with Crippen molar-refractivity contribution in [2.45, 2.75) is 31.2 Å². The van der Waals surface area contributed by atoms with E-state index in [1.807, 2.05) is 0 Å². The molecular formula is C15H25F2N3O2. The van der Waals surface area contributed by atoms with Crippen LogP contribution in [-0.4, -0.2) is 80.2 Å². The maximum atomic E-state index is 13.2. The standard InChI is InChI=1S/C15H25F2N3O2/c16-15(17)9-13(18-11-15)14(21)20-5-3-19(4-6-20)10-12-1-7-22-8-2-12/h12-13,18H,1-11H2. The van der Waals surface area contributed by atoms with Gasteiger partial charge in [0.1, 0.15) is 0 Å². The molecule has 0 bridgehead atoms. The molecule has 3 aliphatic rings. The molecule has 7 heteroatoms. The van der Waals surface area contributed by atoms with Crippen molar-refractivity contribution in [2.75, 3.05) is 52.5 Å². The molecule has 0 aliphatic carbocycles. The second kappa shape index (κ2) is 6.76. The molecule has 0 aromatic rings. The number of carbonyl (C=O) groups excluding carboxylic acids is 1. The van der Waals surface area contributed by atoms with Gasteiger partial charge in [0.25, 0.3) is 5.92 Å². The first-order valence-corrected chi connectivity index (χ1v) is 8.24. The Kier molecular flexibility index (Phi) is 4.94. The van der Waals surface area contributed by atoms with Crippen LogP contribution < -0.4 is 5.32 Å². The van der Waals surface area contributed by atoms with E-state index in [1.165, 1.54) is 0 Å². The molecule has 0 spiro atoms. The minimum Gasteiger partial charge on any atom is -0.381 e. The predicted octanol–water partition coefficient (Wildman–Crippen LogP) is 0.554. The van der Waals surface area contributed by atoms with Gasteiger partial charge in [0, 0.05) is 52.4 Å². The summed E-state index contributed by atoms with van der Waals surface area (Å²) in [6, 6.07) is -0.711. The zero-order valence-electron chi connectivity index (χ0n) is 12.9. The predicted molar refractivity (Wildman–Crippen MR) is 77.9 cm³/mol. The smallest absolute Gasteiger partial charge is 0.262 e. The summed E-state index contributed by atoms with van der Waals surface area (Å²) in [6.07, 6.45) is 1.86. The van der Waals surface area contributed by atoms with Crippen molar-refractivity contribution >= 4 is 5.91 Å². The zero-order valence-corrected chi connectivity index (χ0v) is 12.9. The van der Waals surface area contributed by atoms with E-state index in [9.17, 15) is 13.6 Å². The molecule has 0 aromatic carbocycles. The maximum Gasteiger partial charge on any atom is 0.262 e. The highest BCUT2D eigenvalue weighted by atomic mass is 19.3. The normalized spacial score (nSPS) is 30.6. The Labute approximate surface area is 130 Å². The molecule has 0 saturated carbocycles. The number of rotatable bonds is 3. The van der Waals surface area contributed by atoms with Crippen LogP contribution in [0.4, 0.5) is 8.78 Å². The number of nitrogens with one attached hydrogen (secondary N) is 1. The summed E-state index contributed by atoms with van der Waals surface area (Å²) in [4.78, 5) is 16.4. The molecule has 22 heavy (non-hydrogen) atoms. The van der Waals surface area contributed by atoms with Crippen molar-refractivity contribution in [3.63, 3.8) is 0 Å². The molecule has 3 fully saturated rings. The summed E-state index contributed by atoms with van der Waals surface area (Å²) in [5.41, 5.74) is 0. The molecular weight excluding hydrogens is 292 g/mol. The summed E-state index contributed by atoms with van der Waals surface area (Å²) in [6.45, 7) is 5.35. The van der Waals surface area contributed by atoms with Crippen molar-refractivity contribution in [3.05, 3.63) is 0 Å². The first kappa shape index (κ1) is 16.1. The average Bonchev–Trinajstić information content (AvgIpc) is 2.88. The van der Waals surface area contributed by atoms with Gasteiger partial charge in [-0.1, -0.05) is 0 Å². The van der Waals surface area contributed by atoms with E-state index in [4.69, 9.17) is 4.74 Å². The lowest BCUT2D eigenvalue weighted by Crippen LogP contribution is -2.53. The topological polar surface area (TPSA) is 44.8 Å². The van der Waals surface area contributed by atoms with Gasteiger partial charge < -0.3 is 9.64 Å². The van der Waals surface area contributed by atoms with E-state index < -0.39 is 12.0 Å². The van der Waals surface area contributed by atoms with E-state index in [1.54, 1.807) is 4.90 Å². The molecule has 0 radical (unpaired) electrons. The van der Waals surface area contributed by atoms with Crippen molar-refractivity contribution < 1.29 is 18.3 Å². The monoisotopic (exact) mass is 317 g/mol. The second-order valence-electron chi connectivity index (χ2n) is 6.68. The molecule has 5 nitrogen and oxygen atoms in total. The molecule has 126 valence electrons. The van der Waals surface area contributed by atoms with Gasteiger partial charge in [-0.2, -0.15) is 0 Å². The second-order valence-corrected chi connectivity index (χ2v) is 6.68. The summed E-state index contributed by atoms with van der Waals surface area (Å²) >= 11 is 0. The van der Waals surface area contributed by atoms with Gasteiger partial charge in [-0.25, -0.2) is 8.78 Å². The van der Waals surface area contributed by atoms with Crippen molar-refractivity contribution in [3.8, 4) is 0 Å². The van der Waals surface area contributed by atoms with Gasteiger partial charge in [-0.3, -0.25) is 15.0 Å². The van der Waals surface area contributed by atoms with Crippen LogP contribution in [0.15, 0.2) is 0 Å². The van der Waals surface area contributed by atoms with Crippen LogP contribution in [0.5, 0.6) is 0 Å². The van der Waals surface area contributed by atoms with E-state index in [-0.39, 0.29) is 18.9 Å². The number of hydrogen-bond donors (Lipinski definition) is 1. The SMILES string of the molecule is O=C(C1CC(F)(F)CN1)N1CCN(CC2CCOCC2)CC1. The Bertz CT molecular complexity index is 394. The molecule has 3 heterocycles. The molecule has 3 aliphatic heterocycles. The highest BCUT2D eigenvalue weighted by molar-refractivity contribution is 5.82. The molecule has 1 amide bonds. The Morgan fingerprint density at radius 1 is 1.18 bits per heavy atom. The number of nitrogens with zero attached hydrogens (tertiary/aromatic N) is 2. The maximum absolute atomic E-state index is 13.2. The minimum absolute atomic E-state index is 0.164. The average molecular weight is 317 g/mol. The summed E-state index contributed by atoms with van der Waals surface area (Å²) < 4.78 is 31.8. The number of amides is 1. The lowest BCUT2D eigenvalue weighted by molar-refractivity contribution is -0.135. The Morgan fingerprint density at radius 2 is 1.86 bits per heavy atom. The summed E-state index contributed by atoms with van der Waals surface area (Å²) in [5, 5.41) is 2.65. The lowest BCUT2D eigenvalue weighted by Gasteiger charge is -2.38. The third-order valence-corrected chi connectivity index (χ3v) is 4.95. The summed E-state index contributed by atoms with van der Waals surface area (Å²) in [7, 11) is 0. The number of halogens is 2. The Morgan fingerprint density at radius 3 is 2.45 bits per heavy atom. The molecule has 3 rings (SSSR count). The molecule has 0 aromatic heterocycles. The van der Waals surface area contributed by atoms with Gasteiger partial charge in [0.2, 0.25) is 5.91 Å². The quantitative estimate of drug-likeness (QED) is 0.826. The van der Waals surface area contributed by atoms with Crippen LogP contribution in [0.2, 0.25) is 0 Å². The van der Waals surface area contributed by atoms with Crippen LogP contribution in [0.3, 0.4) is 0 Å². The van der Waals surface area contributed by atoms with E-state index in [0.717, 1.165) is 45.7 Å². The fourth-order valence-corrected chi connectivity index (χ4v) is 3.56. The number of hydrogen-bond acceptors (Lipinski definition) is 4. The van der Waals surface area contributed by atoms with Crippen molar-refractivity contribution in [2.24, 2.45) is 5.92 Å². The first-order chi connectivity index (χ1) is 10.5. The highest BCUT2D eigenvalue weighted by Crippen LogP contribution is 2.26. The summed E-state index contributed by atoms with van der Waals surface area (Å²) in [5.74, 6) is -2.22. The van der Waals surface area contributed by atoms with E-state index in [0.29, 0.717) is 19.0 Å². The molecule has 1 unspecified atom stereocenters. The molecule has 1 atom stereocenters. The Balaban J connectivity index is 1.42. The fourth-order valence-electron chi connectivity index (χ4n) is 3.56. The van der Waals surface area contributed by atoms with Crippen LogP contribution >= 0.6 is 0 Å². The highest BCUT2D eigenvalue weighted by Gasteiger charge is 2.43. The van der Waals surface area contributed by atoms with Crippen molar-refractivity contribution in [1.29, 1.82) is 0 Å². The lowest BCUT2D eigenvalue weighted by atomic mass is 9.99. The third kappa shape index (κ3) is 3.94. The number of piperazine rings is 1. The first-order valence-electron chi connectivity index (χ1n) is 8.24. The fraction of sp³-hybridized carbons (Fsp3) is 0.933. The minimum atomic E-state index is -2.74. The van der Waals surface area contributed by atoms with E-state index in [2.05, 4.69) is 10.2 Å². The number of carbonyl (C=O) groups is 1. The molecule has 3 saturated heterocycles. The Hall–Kier alpha value is -0.790. The molecule has 1 N–H and O–H groups in total. The van der Waals surface area contributed by atoms with E-state index >= 15 is 0 Å². The van der Waals surface area contributed by atoms with Crippen LogP contribution in [-0.2, 0) is 9.53 Å². The van der Waals surface area contributed by atoms with Gasteiger partial charge >= 0.3 is 0 Å². The van der Waals surface area contributed by atoms with Crippen LogP contribution in [0.25, 0.3) is 0 Å². The number of ether oxygens (including phenoxy) is 1. The van der Waals surface area contributed by atoms with Crippen LogP contribution in [0, 0.1) is 5.92 Å². The van der Waals surface area contributed by atoms with Crippen LogP contribution in [0.1, 0.15) is 19.3 Å². The third-order valence-electron chi connectivity index (χ3n) is 4.95.